The van der Waals surface area contributed by atoms with Gasteiger partial charge in [0.2, 0.25) is 0 Å². The van der Waals surface area contributed by atoms with Crippen LogP contribution in [0.3, 0.4) is 0 Å². The summed E-state index contributed by atoms with van der Waals surface area (Å²) in [4.78, 5) is 2.52. The lowest BCUT2D eigenvalue weighted by atomic mass is 9.74. The van der Waals surface area contributed by atoms with E-state index in [9.17, 15) is 5.26 Å². The third-order valence-electron chi connectivity index (χ3n) is 5.81. The first kappa shape index (κ1) is 20.1. The zero-order chi connectivity index (χ0) is 19.3. The smallest absolute Gasteiger partial charge is 0.0850 e. The van der Waals surface area contributed by atoms with Gasteiger partial charge in [0, 0.05) is 17.1 Å². The summed E-state index contributed by atoms with van der Waals surface area (Å²) in [5.41, 5.74) is 2.22. The van der Waals surface area contributed by atoms with Gasteiger partial charge in [-0.1, -0.05) is 58.4 Å². The van der Waals surface area contributed by atoms with Crippen molar-refractivity contribution in [2.24, 2.45) is 5.92 Å². The second kappa shape index (κ2) is 9.04. The molecule has 1 aliphatic rings. The number of hydrogen-bond acceptors (Lipinski definition) is 2. The summed E-state index contributed by atoms with van der Waals surface area (Å²) < 4.78 is 1.07. The maximum absolute atomic E-state index is 10.1. The Morgan fingerprint density at radius 1 is 1.11 bits per heavy atom. The average Bonchev–Trinajstić information content (AvgIpc) is 3.52. The van der Waals surface area contributed by atoms with E-state index >= 15 is 0 Å². The minimum atomic E-state index is -0.323. The van der Waals surface area contributed by atoms with Crippen molar-refractivity contribution >= 4 is 15.9 Å². The molecular formula is C24H29BrN2. The minimum Gasteiger partial charge on any atom is -0.297 e. The summed E-state index contributed by atoms with van der Waals surface area (Å²) in [7, 11) is 0. The summed E-state index contributed by atoms with van der Waals surface area (Å²) in [6.45, 7) is 6.52. The number of halogens is 1. The van der Waals surface area contributed by atoms with Crippen molar-refractivity contribution in [3.8, 4) is 6.07 Å². The molecule has 2 aromatic rings. The van der Waals surface area contributed by atoms with Gasteiger partial charge in [0.1, 0.15) is 0 Å². The summed E-state index contributed by atoms with van der Waals surface area (Å²) >= 11 is 3.52. The average molecular weight is 425 g/mol. The fourth-order valence-corrected chi connectivity index (χ4v) is 4.28. The van der Waals surface area contributed by atoms with E-state index in [1.807, 2.05) is 0 Å². The number of hydrogen-bond donors (Lipinski definition) is 0. The molecule has 0 heterocycles. The van der Waals surface area contributed by atoms with Crippen LogP contribution in [-0.4, -0.2) is 17.5 Å². The molecule has 1 unspecified atom stereocenters. The molecule has 3 rings (SSSR count). The molecule has 1 fully saturated rings. The number of rotatable bonds is 9. The first-order valence-electron chi connectivity index (χ1n) is 10.0. The third kappa shape index (κ3) is 5.00. The van der Waals surface area contributed by atoms with Gasteiger partial charge >= 0.3 is 0 Å². The number of nitriles is 1. The molecule has 0 bridgehead atoms. The largest absolute Gasteiger partial charge is 0.297 e. The van der Waals surface area contributed by atoms with E-state index in [0.29, 0.717) is 12.0 Å². The van der Waals surface area contributed by atoms with Gasteiger partial charge in [-0.3, -0.25) is 4.90 Å². The second-order valence-corrected chi connectivity index (χ2v) is 8.93. The molecule has 142 valence electrons. The predicted molar refractivity (Wildman–Crippen MR) is 115 cm³/mol. The SMILES string of the molecule is CC(C)N(CCCC(C#N)(c1ccc(Br)cc1)C1CC1)Cc1ccccc1. The van der Waals surface area contributed by atoms with Crippen LogP contribution in [0.15, 0.2) is 59.1 Å². The lowest BCUT2D eigenvalue weighted by molar-refractivity contribution is 0.202. The molecule has 3 heteroatoms. The lowest BCUT2D eigenvalue weighted by Gasteiger charge is -2.31. The topological polar surface area (TPSA) is 27.0 Å². The Morgan fingerprint density at radius 2 is 1.78 bits per heavy atom. The summed E-state index contributed by atoms with van der Waals surface area (Å²) in [6.07, 6.45) is 4.35. The Balaban J connectivity index is 1.68. The zero-order valence-electron chi connectivity index (χ0n) is 16.4. The van der Waals surface area contributed by atoms with Crippen molar-refractivity contribution in [2.75, 3.05) is 6.54 Å². The van der Waals surface area contributed by atoms with E-state index < -0.39 is 0 Å². The van der Waals surface area contributed by atoms with Crippen molar-refractivity contribution in [3.05, 3.63) is 70.2 Å². The molecule has 0 aromatic heterocycles. The van der Waals surface area contributed by atoms with Crippen LogP contribution in [0.4, 0.5) is 0 Å². The van der Waals surface area contributed by atoms with Crippen molar-refractivity contribution < 1.29 is 0 Å². The van der Waals surface area contributed by atoms with Crippen molar-refractivity contribution in [3.63, 3.8) is 0 Å². The van der Waals surface area contributed by atoms with Crippen LogP contribution in [0, 0.1) is 17.2 Å². The van der Waals surface area contributed by atoms with E-state index in [2.05, 4.69) is 95.3 Å². The first-order valence-corrected chi connectivity index (χ1v) is 10.8. The fourth-order valence-electron chi connectivity index (χ4n) is 4.02. The Kier molecular flexibility index (Phi) is 6.73. The Labute approximate surface area is 172 Å². The molecule has 1 aliphatic carbocycles. The zero-order valence-corrected chi connectivity index (χ0v) is 18.0. The van der Waals surface area contributed by atoms with Crippen LogP contribution in [0.1, 0.15) is 50.7 Å². The summed E-state index contributed by atoms with van der Waals surface area (Å²) in [5.74, 6) is 0.519. The molecule has 0 N–H and O–H groups in total. The summed E-state index contributed by atoms with van der Waals surface area (Å²) in [6, 6.07) is 22.3. The third-order valence-corrected chi connectivity index (χ3v) is 6.34. The van der Waals surface area contributed by atoms with Crippen LogP contribution in [0.5, 0.6) is 0 Å². The molecular weight excluding hydrogens is 396 g/mol. The van der Waals surface area contributed by atoms with Gasteiger partial charge in [0.15, 0.2) is 0 Å². The van der Waals surface area contributed by atoms with Crippen LogP contribution < -0.4 is 0 Å². The van der Waals surface area contributed by atoms with Gasteiger partial charge in [0.05, 0.1) is 11.5 Å². The van der Waals surface area contributed by atoms with E-state index in [-0.39, 0.29) is 5.41 Å². The van der Waals surface area contributed by atoms with Gasteiger partial charge in [-0.15, -0.1) is 0 Å². The van der Waals surface area contributed by atoms with Gasteiger partial charge in [-0.05, 0) is 75.3 Å². The van der Waals surface area contributed by atoms with Crippen molar-refractivity contribution in [2.45, 2.75) is 57.5 Å². The molecule has 0 spiro atoms. The van der Waals surface area contributed by atoms with Crippen molar-refractivity contribution in [1.29, 1.82) is 5.26 Å². The minimum absolute atomic E-state index is 0.323. The van der Waals surface area contributed by atoms with Crippen LogP contribution in [0.25, 0.3) is 0 Å². The molecule has 0 saturated heterocycles. The van der Waals surface area contributed by atoms with Crippen molar-refractivity contribution in [1.82, 2.24) is 4.90 Å². The second-order valence-electron chi connectivity index (χ2n) is 8.02. The molecule has 0 aliphatic heterocycles. The van der Waals surface area contributed by atoms with Crippen LogP contribution in [-0.2, 0) is 12.0 Å². The highest BCUT2D eigenvalue weighted by molar-refractivity contribution is 9.10. The van der Waals surface area contributed by atoms with Crippen LogP contribution in [0.2, 0.25) is 0 Å². The van der Waals surface area contributed by atoms with E-state index in [1.165, 1.54) is 24.0 Å². The molecule has 1 atom stereocenters. The highest BCUT2D eigenvalue weighted by atomic mass is 79.9. The Hall–Kier alpha value is -1.63. The number of benzene rings is 2. The van der Waals surface area contributed by atoms with E-state index in [0.717, 1.165) is 30.4 Å². The Bertz CT molecular complexity index is 759. The Morgan fingerprint density at radius 3 is 2.33 bits per heavy atom. The van der Waals surface area contributed by atoms with Gasteiger partial charge in [0.25, 0.3) is 0 Å². The standard InChI is InChI=1S/C24H29BrN2/c1-19(2)27(17-20-7-4-3-5-8-20)16-6-15-24(18-26,21-9-10-21)22-11-13-23(25)14-12-22/h3-5,7-8,11-14,19,21H,6,9-10,15-17H2,1-2H3. The quantitative estimate of drug-likeness (QED) is 0.471. The maximum Gasteiger partial charge on any atom is 0.0850 e. The number of nitrogens with zero attached hydrogens (tertiary/aromatic N) is 2. The maximum atomic E-state index is 10.1. The van der Waals surface area contributed by atoms with E-state index in [4.69, 9.17) is 0 Å². The molecule has 0 amide bonds. The molecule has 1 saturated carbocycles. The first-order chi connectivity index (χ1) is 13.0. The molecule has 2 aromatic carbocycles. The van der Waals surface area contributed by atoms with Crippen LogP contribution >= 0.6 is 15.9 Å². The van der Waals surface area contributed by atoms with E-state index in [1.54, 1.807) is 0 Å². The molecule has 27 heavy (non-hydrogen) atoms. The fraction of sp³-hybridized carbons (Fsp3) is 0.458. The highest BCUT2D eigenvalue weighted by Gasteiger charge is 2.46. The monoisotopic (exact) mass is 424 g/mol. The molecule has 0 radical (unpaired) electrons. The highest BCUT2D eigenvalue weighted by Crippen LogP contribution is 2.50. The molecule has 2 nitrogen and oxygen atoms in total. The van der Waals surface area contributed by atoms with Gasteiger partial charge < -0.3 is 0 Å². The van der Waals surface area contributed by atoms with Gasteiger partial charge in [-0.2, -0.15) is 5.26 Å². The normalized spacial score (nSPS) is 16.3. The van der Waals surface area contributed by atoms with Gasteiger partial charge in [-0.25, -0.2) is 0 Å². The predicted octanol–water partition coefficient (Wildman–Crippen LogP) is 6.31. The summed E-state index contributed by atoms with van der Waals surface area (Å²) in [5, 5.41) is 10.1. The lowest BCUT2D eigenvalue weighted by Crippen LogP contribution is -2.33.